The number of nitrogens with zero attached hydrogens (tertiary/aromatic N) is 2. The lowest BCUT2D eigenvalue weighted by Crippen LogP contribution is -2.25. The van der Waals surface area contributed by atoms with E-state index >= 15 is 0 Å². The van der Waals surface area contributed by atoms with Gasteiger partial charge in [-0.1, -0.05) is 12.8 Å². The molecule has 0 saturated heterocycles. The summed E-state index contributed by atoms with van der Waals surface area (Å²) in [4.78, 5) is 8.74. The van der Waals surface area contributed by atoms with E-state index in [-0.39, 0.29) is 0 Å². The molecule has 3 rings (SSSR count). The molecule has 17 heavy (non-hydrogen) atoms. The Morgan fingerprint density at radius 3 is 2.94 bits per heavy atom. The SMILES string of the molecule is Cc1ccc2oc(CNC3CCCC3)nc2n1. The summed E-state index contributed by atoms with van der Waals surface area (Å²) >= 11 is 0. The van der Waals surface area contributed by atoms with Crippen LogP contribution in [0.15, 0.2) is 16.5 Å². The standard InChI is InChI=1S/C13H17N3O/c1-9-6-7-11-13(15-9)16-12(17-11)8-14-10-4-2-3-5-10/h6-7,10,14H,2-5,8H2,1H3. The fraction of sp³-hybridized carbons (Fsp3) is 0.538. The Kier molecular flexibility index (Phi) is 2.81. The molecule has 1 fully saturated rings. The van der Waals surface area contributed by atoms with E-state index in [0.29, 0.717) is 18.2 Å². The van der Waals surface area contributed by atoms with Gasteiger partial charge in [0.05, 0.1) is 6.54 Å². The molecule has 1 N–H and O–H groups in total. The molecule has 0 atom stereocenters. The maximum atomic E-state index is 5.65. The molecule has 1 aliphatic rings. The second kappa shape index (κ2) is 4.45. The Balaban J connectivity index is 1.72. The lowest BCUT2D eigenvalue weighted by atomic mass is 10.2. The molecule has 2 heterocycles. The highest BCUT2D eigenvalue weighted by molar-refractivity contribution is 5.67. The van der Waals surface area contributed by atoms with Crippen molar-refractivity contribution < 1.29 is 4.42 Å². The highest BCUT2D eigenvalue weighted by Gasteiger charge is 2.15. The van der Waals surface area contributed by atoms with Crippen molar-refractivity contribution in [3.63, 3.8) is 0 Å². The molecule has 0 radical (unpaired) electrons. The Labute approximate surface area is 100 Å². The number of hydrogen-bond acceptors (Lipinski definition) is 4. The molecular formula is C13H17N3O. The Morgan fingerprint density at radius 2 is 2.12 bits per heavy atom. The number of aromatic nitrogens is 2. The van der Waals surface area contributed by atoms with E-state index in [1.54, 1.807) is 0 Å². The van der Waals surface area contributed by atoms with Crippen molar-refractivity contribution in [2.45, 2.75) is 45.2 Å². The third-order valence-corrected chi connectivity index (χ3v) is 3.33. The summed E-state index contributed by atoms with van der Waals surface area (Å²) < 4.78 is 5.65. The van der Waals surface area contributed by atoms with Crippen molar-refractivity contribution in [1.29, 1.82) is 0 Å². The molecule has 1 saturated carbocycles. The van der Waals surface area contributed by atoms with Gasteiger partial charge in [-0.2, -0.15) is 4.98 Å². The van der Waals surface area contributed by atoms with Crippen molar-refractivity contribution >= 4 is 11.2 Å². The number of rotatable bonds is 3. The third kappa shape index (κ3) is 2.31. The van der Waals surface area contributed by atoms with Gasteiger partial charge in [0.15, 0.2) is 11.2 Å². The highest BCUT2D eigenvalue weighted by Crippen LogP contribution is 2.19. The van der Waals surface area contributed by atoms with Gasteiger partial charge in [0.25, 0.3) is 0 Å². The van der Waals surface area contributed by atoms with Crippen LogP contribution >= 0.6 is 0 Å². The number of fused-ring (bicyclic) bond motifs is 1. The first-order valence-corrected chi connectivity index (χ1v) is 6.28. The summed E-state index contributed by atoms with van der Waals surface area (Å²) in [6.07, 6.45) is 5.23. The minimum atomic E-state index is 0.639. The van der Waals surface area contributed by atoms with Gasteiger partial charge < -0.3 is 9.73 Å². The molecule has 0 spiro atoms. The van der Waals surface area contributed by atoms with E-state index in [4.69, 9.17) is 4.42 Å². The lowest BCUT2D eigenvalue weighted by Gasteiger charge is -2.08. The Hall–Kier alpha value is -1.42. The van der Waals surface area contributed by atoms with Crippen molar-refractivity contribution in [2.24, 2.45) is 0 Å². The topological polar surface area (TPSA) is 51.0 Å². The van der Waals surface area contributed by atoms with Gasteiger partial charge in [0.2, 0.25) is 5.89 Å². The van der Waals surface area contributed by atoms with Crippen LogP contribution in [-0.2, 0) is 6.54 Å². The smallest absolute Gasteiger partial charge is 0.211 e. The minimum Gasteiger partial charge on any atom is -0.438 e. The zero-order chi connectivity index (χ0) is 11.7. The minimum absolute atomic E-state index is 0.639. The van der Waals surface area contributed by atoms with Gasteiger partial charge in [-0.15, -0.1) is 0 Å². The van der Waals surface area contributed by atoms with Gasteiger partial charge in [-0.05, 0) is 31.9 Å². The maximum absolute atomic E-state index is 5.65. The normalized spacial score (nSPS) is 17.0. The van der Waals surface area contributed by atoms with Gasteiger partial charge >= 0.3 is 0 Å². The molecule has 0 amide bonds. The van der Waals surface area contributed by atoms with Crippen LogP contribution < -0.4 is 5.32 Å². The molecule has 4 nitrogen and oxygen atoms in total. The van der Waals surface area contributed by atoms with Crippen LogP contribution in [0, 0.1) is 6.92 Å². The van der Waals surface area contributed by atoms with E-state index in [2.05, 4.69) is 15.3 Å². The van der Waals surface area contributed by atoms with Crippen molar-refractivity contribution in [1.82, 2.24) is 15.3 Å². The van der Waals surface area contributed by atoms with Gasteiger partial charge in [-0.3, -0.25) is 0 Å². The van der Waals surface area contributed by atoms with Gasteiger partial charge in [0.1, 0.15) is 0 Å². The average Bonchev–Trinajstić information content (AvgIpc) is 2.94. The fourth-order valence-corrected chi connectivity index (χ4v) is 2.40. The predicted octanol–water partition coefficient (Wildman–Crippen LogP) is 2.56. The van der Waals surface area contributed by atoms with Gasteiger partial charge in [-0.25, -0.2) is 4.98 Å². The third-order valence-electron chi connectivity index (χ3n) is 3.33. The molecular weight excluding hydrogens is 214 g/mol. The summed E-state index contributed by atoms with van der Waals surface area (Å²) in [6.45, 7) is 2.67. The van der Waals surface area contributed by atoms with Crippen LogP contribution in [0.25, 0.3) is 11.2 Å². The Morgan fingerprint density at radius 1 is 1.29 bits per heavy atom. The van der Waals surface area contributed by atoms with E-state index in [9.17, 15) is 0 Å². The van der Waals surface area contributed by atoms with Crippen molar-refractivity contribution in [3.8, 4) is 0 Å². The molecule has 4 heteroatoms. The molecule has 2 aromatic rings. The quantitative estimate of drug-likeness (QED) is 0.882. The van der Waals surface area contributed by atoms with E-state index in [1.807, 2.05) is 19.1 Å². The van der Waals surface area contributed by atoms with Gasteiger partial charge in [0, 0.05) is 11.7 Å². The van der Waals surface area contributed by atoms with Crippen molar-refractivity contribution in [3.05, 3.63) is 23.7 Å². The van der Waals surface area contributed by atoms with Crippen LogP contribution in [0.1, 0.15) is 37.3 Å². The first-order valence-electron chi connectivity index (χ1n) is 6.28. The molecule has 2 aromatic heterocycles. The van der Waals surface area contributed by atoms with Crippen LogP contribution in [0.5, 0.6) is 0 Å². The summed E-state index contributed by atoms with van der Waals surface area (Å²) in [5.41, 5.74) is 2.47. The molecule has 0 aliphatic heterocycles. The lowest BCUT2D eigenvalue weighted by molar-refractivity contribution is 0.450. The number of hydrogen-bond donors (Lipinski definition) is 1. The summed E-state index contributed by atoms with van der Waals surface area (Å²) in [6, 6.07) is 4.52. The predicted molar refractivity (Wildman–Crippen MR) is 65.6 cm³/mol. The molecule has 0 aromatic carbocycles. The number of nitrogens with one attached hydrogen (secondary N) is 1. The van der Waals surface area contributed by atoms with E-state index in [0.717, 1.165) is 17.2 Å². The first kappa shape index (κ1) is 10.7. The number of aryl methyl sites for hydroxylation is 1. The van der Waals surface area contributed by atoms with E-state index < -0.39 is 0 Å². The van der Waals surface area contributed by atoms with Crippen LogP contribution in [0.3, 0.4) is 0 Å². The maximum Gasteiger partial charge on any atom is 0.211 e. The molecule has 1 aliphatic carbocycles. The second-order valence-electron chi connectivity index (χ2n) is 4.74. The van der Waals surface area contributed by atoms with Crippen LogP contribution in [-0.4, -0.2) is 16.0 Å². The van der Waals surface area contributed by atoms with Crippen LogP contribution in [0.2, 0.25) is 0 Å². The zero-order valence-electron chi connectivity index (χ0n) is 10.1. The number of oxazole rings is 1. The Bertz CT molecular complexity index is 514. The largest absolute Gasteiger partial charge is 0.438 e. The summed E-state index contributed by atoms with van der Waals surface area (Å²) in [7, 11) is 0. The zero-order valence-corrected chi connectivity index (χ0v) is 10.1. The van der Waals surface area contributed by atoms with Crippen molar-refractivity contribution in [2.75, 3.05) is 0 Å². The summed E-state index contributed by atoms with van der Waals surface area (Å²) in [5.74, 6) is 0.741. The molecule has 0 bridgehead atoms. The second-order valence-corrected chi connectivity index (χ2v) is 4.74. The summed E-state index contributed by atoms with van der Waals surface area (Å²) in [5, 5.41) is 3.49. The average molecular weight is 231 g/mol. The fourth-order valence-electron chi connectivity index (χ4n) is 2.40. The van der Waals surface area contributed by atoms with E-state index in [1.165, 1.54) is 25.7 Å². The first-order chi connectivity index (χ1) is 8.31. The molecule has 90 valence electrons. The van der Waals surface area contributed by atoms with Crippen LogP contribution in [0.4, 0.5) is 0 Å². The monoisotopic (exact) mass is 231 g/mol. The number of pyridine rings is 1. The highest BCUT2D eigenvalue weighted by atomic mass is 16.3. The molecule has 0 unspecified atom stereocenters.